The van der Waals surface area contributed by atoms with Gasteiger partial charge in [-0.25, -0.2) is 4.79 Å². The Labute approximate surface area is 118 Å². The number of hydrogen-bond acceptors (Lipinski definition) is 6. The van der Waals surface area contributed by atoms with Crippen LogP contribution in [0.3, 0.4) is 0 Å². The van der Waals surface area contributed by atoms with Gasteiger partial charge in [0.25, 0.3) is 0 Å². The average Bonchev–Trinajstić information content (AvgIpc) is 2.30. The second kappa shape index (κ2) is 6.41. The highest BCUT2D eigenvalue weighted by atomic mass is 16.6. The molecule has 116 valence electrons. The molecule has 3 N–H and O–H groups in total. The van der Waals surface area contributed by atoms with Gasteiger partial charge in [-0.15, -0.1) is 0 Å². The Morgan fingerprint density at radius 2 is 1.70 bits per heavy atom. The lowest BCUT2D eigenvalue weighted by Crippen LogP contribution is -2.53. The van der Waals surface area contributed by atoms with Crippen molar-refractivity contribution in [2.24, 2.45) is 5.92 Å². The number of methoxy groups -OCH3 is 1. The van der Waals surface area contributed by atoms with E-state index in [0.717, 1.165) is 0 Å². The molecule has 1 rings (SSSR count). The van der Waals surface area contributed by atoms with E-state index in [2.05, 4.69) is 10.1 Å². The van der Waals surface area contributed by atoms with Crippen LogP contribution in [0.4, 0.5) is 4.79 Å². The summed E-state index contributed by atoms with van der Waals surface area (Å²) in [6, 6.07) is -0.629. The Balaban J connectivity index is 2.72. The Morgan fingerprint density at radius 1 is 1.15 bits per heavy atom. The highest BCUT2D eigenvalue weighted by Gasteiger charge is 2.41. The van der Waals surface area contributed by atoms with Gasteiger partial charge in [0.15, 0.2) is 0 Å². The second-order valence-corrected chi connectivity index (χ2v) is 5.99. The molecular weight excluding hydrogens is 266 g/mol. The van der Waals surface area contributed by atoms with E-state index in [9.17, 15) is 19.8 Å². The van der Waals surface area contributed by atoms with Crippen LogP contribution in [0.5, 0.6) is 0 Å². The molecule has 0 aromatic rings. The number of carbonyl (C=O) groups is 2. The van der Waals surface area contributed by atoms with Gasteiger partial charge in [0, 0.05) is 6.04 Å². The number of esters is 1. The first-order valence-electron chi connectivity index (χ1n) is 6.57. The Bertz CT molecular complexity index is 364. The molecule has 0 radical (unpaired) electrons. The smallest absolute Gasteiger partial charge is 0.407 e. The van der Waals surface area contributed by atoms with Crippen LogP contribution in [0.15, 0.2) is 0 Å². The third kappa shape index (κ3) is 4.64. The van der Waals surface area contributed by atoms with Crippen molar-refractivity contribution < 1.29 is 29.3 Å². The van der Waals surface area contributed by atoms with Crippen LogP contribution in [0, 0.1) is 5.92 Å². The molecule has 1 amide bonds. The largest absolute Gasteiger partial charge is 0.469 e. The van der Waals surface area contributed by atoms with Crippen LogP contribution >= 0.6 is 0 Å². The Hall–Kier alpha value is -1.34. The Kier molecular flexibility index (Phi) is 5.35. The van der Waals surface area contributed by atoms with Crippen LogP contribution in [-0.2, 0) is 14.3 Å². The summed E-state index contributed by atoms with van der Waals surface area (Å²) in [6.07, 6.45) is -2.55. The van der Waals surface area contributed by atoms with E-state index in [-0.39, 0.29) is 12.8 Å². The van der Waals surface area contributed by atoms with Crippen molar-refractivity contribution in [2.75, 3.05) is 7.11 Å². The average molecular weight is 289 g/mol. The summed E-state index contributed by atoms with van der Waals surface area (Å²) in [5, 5.41) is 21.9. The third-order valence-corrected chi connectivity index (χ3v) is 3.13. The second-order valence-electron chi connectivity index (χ2n) is 5.99. The third-order valence-electron chi connectivity index (χ3n) is 3.13. The molecule has 20 heavy (non-hydrogen) atoms. The predicted octanol–water partition coefficient (Wildman–Crippen LogP) is 0.184. The lowest BCUT2D eigenvalue weighted by molar-refractivity contribution is -0.151. The van der Waals surface area contributed by atoms with Crippen molar-refractivity contribution in [2.45, 2.75) is 57.5 Å². The van der Waals surface area contributed by atoms with Gasteiger partial charge in [0.2, 0.25) is 0 Å². The fourth-order valence-electron chi connectivity index (χ4n) is 2.19. The number of nitrogens with one attached hydrogen (secondary N) is 1. The molecular formula is C13H23NO6. The summed E-state index contributed by atoms with van der Waals surface area (Å²) >= 11 is 0. The normalized spacial score (nSPS) is 30.5. The fourth-order valence-corrected chi connectivity index (χ4v) is 2.19. The summed E-state index contributed by atoms with van der Waals surface area (Å²) in [5.74, 6) is -1.23. The molecule has 0 aromatic heterocycles. The van der Waals surface area contributed by atoms with Gasteiger partial charge in [-0.3, -0.25) is 4.79 Å². The molecule has 0 bridgehead atoms. The predicted molar refractivity (Wildman–Crippen MR) is 69.9 cm³/mol. The van der Waals surface area contributed by atoms with E-state index < -0.39 is 41.8 Å². The molecule has 1 aliphatic carbocycles. The number of aliphatic hydroxyl groups excluding tert-OH is 2. The van der Waals surface area contributed by atoms with Gasteiger partial charge in [-0.1, -0.05) is 0 Å². The van der Waals surface area contributed by atoms with Crippen molar-refractivity contribution in [3.05, 3.63) is 0 Å². The quantitative estimate of drug-likeness (QED) is 0.627. The van der Waals surface area contributed by atoms with E-state index in [4.69, 9.17) is 4.74 Å². The number of hydrogen-bond donors (Lipinski definition) is 3. The van der Waals surface area contributed by atoms with E-state index in [0.29, 0.717) is 0 Å². The number of aliphatic hydroxyl groups is 2. The van der Waals surface area contributed by atoms with Gasteiger partial charge in [0.05, 0.1) is 25.2 Å². The maximum Gasteiger partial charge on any atom is 0.407 e. The molecule has 0 aromatic carbocycles. The maximum atomic E-state index is 11.7. The summed E-state index contributed by atoms with van der Waals surface area (Å²) in [5.41, 5.74) is -0.655. The van der Waals surface area contributed by atoms with E-state index in [1.165, 1.54) is 7.11 Å². The zero-order valence-corrected chi connectivity index (χ0v) is 12.3. The molecule has 1 aliphatic rings. The first-order chi connectivity index (χ1) is 9.14. The van der Waals surface area contributed by atoms with Crippen LogP contribution < -0.4 is 5.32 Å². The number of carbonyl (C=O) groups excluding carboxylic acids is 2. The molecule has 4 atom stereocenters. The summed E-state index contributed by atoms with van der Waals surface area (Å²) in [7, 11) is 1.24. The highest BCUT2D eigenvalue weighted by molar-refractivity contribution is 5.75. The molecule has 0 spiro atoms. The molecule has 7 heteroatoms. The lowest BCUT2D eigenvalue weighted by Gasteiger charge is -2.36. The minimum atomic E-state index is -1.00. The van der Waals surface area contributed by atoms with Gasteiger partial charge in [0.1, 0.15) is 5.60 Å². The standard InChI is InChI=1S/C13H23NO6/c1-13(2,3)20-12(18)14-8-6-10(16)9(15)5-7(8)11(17)19-4/h7-10,15-16H,5-6H2,1-4H3,(H,14,18)/t7-,8-,9+,10+/m1/s1. The monoisotopic (exact) mass is 289 g/mol. The molecule has 1 saturated carbocycles. The number of rotatable bonds is 2. The first-order valence-corrected chi connectivity index (χ1v) is 6.57. The zero-order chi connectivity index (χ0) is 15.5. The van der Waals surface area contributed by atoms with Crippen molar-refractivity contribution in [3.63, 3.8) is 0 Å². The van der Waals surface area contributed by atoms with Gasteiger partial charge < -0.3 is 25.0 Å². The Morgan fingerprint density at radius 3 is 2.20 bits per heavy atom. The number of alkyl carbamates (subject to hydrolysis) is 1. The number of ether oxygens (including phenoxy) is 2. The molecule has 1 fully saturated rings. The van der Waals surface area contributed by atoms with E-state index in [1.54, 1.807) is 20.8 Å². The summed E-state index contributed by atoms with van der Waals surface area (Å²) in [6.45, 7) is 5.18. The molecule has 0 unspecified atom stereocenters. The van der Waals surface area contributed by atoms with Crippen molar-refractivity contribution in [1.82, 2.24) is 5.32 Å². The van der Waals surface area contributed by atoms with Crippen LogP contribution in [0.1, 0.15) is 33.6 Å². The minimum Gasteiger partial charge on any atom is -0.469 e. The fraction of sp³-hybridized carbons (Fsp3) is 0.846. The van der Waals surface area contributed by atoms with Crippen molar-refractivity contribution >= 4 is 12.1 Å². The topological polar surface area (TPSA) is 105 Å². The van der Waals surface area contributed by atoms with Crippen LogP contribution in [0.2, 0.25) is 0 Å². The molecule has 7 nitrogen and oxygen atoms in total. The maximum absolute atomic E-state index is 11.7. The minimum absolute atomic E-state index is 0.0360. The van der Waals surface area contributed by atoms with Crippen molar-refractivity contribution in [1.29, 1.82) is 0 Å². The number of amides is 1. The molecule has 0 heterocycles. The van der Waals surface area contributed by atoms with Crippen LogP contribution in [0.25, 0.3) is 0 Å². The SMILES string of the molecule is COC(=O)[C@@H]1C[C@H](O)[C@@H](O)C[C@H]1NC(=O)OC(C)(C)C. The van der Waals surface area contributed by atoms with Gasteiger partial charge >= 0.3 is 12.1 Å². The van der Waals surface area contributed by atoms with Crippen LogP contribution in [-0.4, -0.2) is 53.2 Å². The highest BCUT2D eigenvalue weighted by Crippen LogP contribution is 2.26. The zero-order valence-electron chi connectivity index (χ0n) is 12.3. The van der Waals surface area contributed by atoms with Gasteiger partial charge in [-0.2, -0.15) is 0 Å². The van der Waals surface area contributed by atoms with Gasteiger partial charge in [-0.05, 0) is 33.6 Å². The van der Waals surface area contributed by atoms with Crippen molar-refractivity contribution in [3.8, 4) is 0 Å². The first kappa shape index (κ1) is 16.7. The van der Waals surface area contributed by atoms with E-state index in [1.807, 2.05) is 0 Å². The molecule has 0 aliphatic heterocycles. The lowest BCUT2D eigenvalue weighted by atomic mass is 9.81. The molecule has 0 saturated heterocycles. The summed E-state index contributed by atoms with van der Waals surface area (Å²) < 4.78 is 9.78. The summed E-state index contributed by atoms with van der Waals surface area (Å²) in [4.78, 5) is 23.4. The van der Waals surface area contributed by atoms with E-state index >= 15 is 0 Å².